The van der Waals surface area contributed by atoms with Crippen LogP contribution in [0.1, 0.15) is 53.4 Å². The summed E-state index contributed by atoms with van der Waals surface area (Å²) in [6.07, 6.45) is 3.22. The molecular weight excluding hydrogens is 296 g/mol. The molecule has 2 rings (SSSR count). The maximum absolute atomic E-state index is 12.4. The van der Waals surface area contributed by atoms with E-state index in [4.69, 9.17) is 4.42 Å². The van der Waals surface area contributed by atoms with Gasteiger partial charge in [0.05, 0.1) is 18.4 Å². The lowest BCUT2D eigenvalue weighted by atomic mass is 9.98. The predicted octanol–water partition coefficient (Wildman–Crippen LogP) is 2.75. The van der Waals surface area contributed by atoms with Crippen molar-refractivity contribution in [2.24, 2.45) is 0 Å². The number of nitriles is 1. The zero-order valence-electron chi connectivity index (χ0n) is 13.1. The monoisotopic (exact) mass is 314 g/mol. The Hall–Kier alpha value is -2.81. The number of aromatic nitrogens is 1. The highest BCUT2D eigenvalue weighted by molar-refractivity contribution is 5.99. The number of pyridine rings is 1. The molecule has 0 aromatic carbocycles. The van der Waals surface area contributed by atoms with Crippen molar-refractivity contribution in [3.05, 3.63) is 51.2 Å². The summed E-state index contributed by atoms with van der Waals surface area (Å²) >= 11 is 0. The van der Waals surface area contributed by atoms with Crippen LogP contribution in [0.5, 0.6) is 5.88 Å². The molecule has 0 bridgehead atoms. The zero-order chi connectivity index (χ0) is 17.0. The van der Waals surface area contributed by atoms with Crippen LogP contribution in [0.4, 0.5) is 0 Å². The van der Waals surface area contributed by atoms with Crippen LogP contribution in [0, 0.1) is 18.3 Å². The van der Waals surface area contributed by atoms with Gasteiger partial charge in [0.2, 0.25) is 5.88 Å². The quantitative estimate of drug-likeness (QED) is 0.827. The molecule has 6 heteroatoms. The summed E-state index contributed by atoms with van der Waals surface area (Å²) in [4.78, 5) is 24.8. The Morgan fingerprint density at radius 3 is 2.78 bits per heavy atom. The molecule has 2 aromatic rings. The summed E-state index contributed by atoms with van der Waals surface area (Å²) in [6.45, 7) is 3.43. The van der Waals surface area contributed by atoms with Gasteiger partial charge in [-0.25, -0.2) is 0 Å². The molecule has 2 heterocycles. The Balaban J connectivity index is 2.61. The number of carbonyl (C=O) groups is 1. The third kappa shape index (κ3) is 3.19. The second-order valence-electron chi connectivity index (χ2n) is 5.31. The molecule has 0 spiro atoms. The van der Waals surface area contributed by atoms with E-state index in [2.05, 4.69) is 0 Å². The number of rotatable bonds is 6. The number of hydrogen-bond acceptors (Lipinski definition) is 5. The van der Waals surface area contributed by atoms with Gasteiger partial charge >= 0.3 is 0 Å². The molecule has 0 saturated heterocycles. The number of unbranched alkanes of at least 4 members (excludes halogenated alkanes) is 1. The summed E-state index contributed by atoms with van der Waals surface area (Å²) < 4.78 is 6.18. The largest absolute Gasteiger partial charge is 0.494 e. The van der Waals surface area contributed by atoms with Gasteiger partial charge in [-0.15, -0.1) is 0 Å². The lowest BCUT2D eigenvalue weighted by Crippen LogP contribution is -2.27. The highest BCUT2D eigenvalue weighted by Gasteiger charge is 2.23. The third-order valence-electron chi connectivity index (χ3n) is 3.73. The summed E-state index contributed by atoms with van der Waals surface area (Å²) in [5.74, 6) is -0.238. The van der Waals surface area contributed by atoms with E-state index in [1.807, 2.05) is 13.0 Å². The molecule has 0 aliphatic rings. The summed E-state index contributed by atoms with van der Waals surface area (Å²) in [5.41, 5.74) is -0.492. The third-order valence-corrected chi connectivity index (χ3v) is 3.73. The molecule has 1 N–H and O–H groups in total. The fourth-order valence-electron chi connectivity index (χ4n) is 2.45. The Morgan fingerprint density at radius 1 is 1.48 bits per heavy atom. The molecule has 23 heavy (non-hydrogen) atoms. The minimum absolute atomic E-state index is 0.0410. The van der Waals surface area contributed by atoms with E-state index in [1.54, 1.807) is 12.1 Å². The Labute approximate surface area is 133 Å². The van der Waals surface area contributed by atoms with E-state index in [-0.39, 0.29) is 35.4 Å². The highest BCUT2D eigenvalue weighted by Crippen LogP contribution is 2.24. The zero-order valence-corrected chi connectivity index (χ0v) is 13.1. The first-order chi connectivity index (χ1) is 11.0. The van der Waals surface area contributed by atoms with Crippen LogP contribution in [-0.2, 0) is 6.54 Å². The van der Waals surface area contributed by atoms with E-state index in [1.165, 1.54) is 13.2 Å². The van der Waals surface area contributed by atoms with Crippen LogP contribution >= 0.6 is 0 Å². The van der Waals surface area contributed by atoms with E-state index in [0.29, 0.717) is 12.2 Å². The van der Waals surface area contributed by atoms with E-state index >= 15 is 0 Å². The van der Waals surface area contributed by atoms with Gasteiger partial charge in [-0.05, 0) is 31.0 Å². The molecular formula is C17H18N2O4. The number of furan rings is 1. The molecule has 6 nitrogen and oxygen atoms in total. The maximum Gasteiger partial charge on any atom is 0.271 e. The van der Waals surface area contributed by atoms with Crippen LogP contribution in [-0.4, -0.2) is 15.5 Å². The van der Waals surface area contributed by atoms with Gasteiger partial charge in [-0.1, -0.05) is 13.3 Å². The van der Waals surface area contributed by atoms with Gasteiger partial charge in [0.15, 0.2) is 5.78 Å². The lowest BCUT2D eigenvalue weighted by Gasteiger charge is -2.14. The Morgan fingerprint density at radius 2 is 2.22 bits per heavy atom. The van der Waals surface area contributed by atoms with Crippen molar-refractivity contribution >= 4 is 5.78 Å². The fraction of sp³-hybridized carbons (Fsp3) is 0.353. The number of hydrogen-bond donors (Lipinski definition) is 1. The highest BCUT2D eigenvalue weighted by atomic mass is 16.3. The molecule has 0 aliphatic carbocycles. The average Bonchev–Trinajstić information content (AvgIpc) is 3.03. The van der Waals surface area contributed by atoms with Crippen LogP contribution in [0.15, 0.2) is 27.6 Å². The first kappa shape index (κ1) is 16.6. The Kier molecular flexibility index (Phi) is 5.02. The van der Waals surface area contributed by atoms with Crippen molar-refractivity contribution < 1.29 is 14.3 Å². The van der Waals surface area contributed by atoms with E-state index in [9.17, 15) is 20.0 Å². The van der Waals surface area contributed by atoms with Gasteiger partial charge in [0.25, 0.3) is 5.56 Å². The molecule has 120 valence electrons. The minimum Gasteiger partial charge on any atom is -0.494 e. The standard InChI is InChI=1S/C17H18N2O4/c1-3-4-7-14(20)15-11(2)13(9-18)16(21)19(17(15)22)10-12-6-5-8-23-12/h5-6,8,22H,3-4,7,10H2,1-2H3. The van der Waals surface area contributed by atoms with Crippen molar-refractivity contribution in [2.45, 2.75) is 39.7 Å². The topological polar surface area (TPSA) is 96.2 Å². The average molecular weight is 314 g/mol. The number of Topliss-reactive ketones (excluding diaryl/α,β-unsaturated/α-hetero) is 1. The van der Waals surface area contributed by atoms with Gasteiger partial charge in [0.1, 0.15) is 17.4 Å². The predicted molar refractivity (Wildman–Crippen MR) is 83.5 cm³/mol. The second-order valence-corrected chi connectivity index (χ2v) is 5.31. The van der Waals surface area contributed by atoms with Gasteiger partial charge < -0.3 is 9.52 Å². The molecule has 0 radical (unpaired) electrons. The van der Waals surface area contributed by atoms with Crippen molar-refractivity contribution in [3.8, 4) is 11.9 Å². The number of nitrogens with zero attached hydrogens (tertiary/aromatic N) is 2. The van der Waals surface area contributed by atoms with Crippen molar-refractivity contribution in [1.82, 2.24) is 4.57 Å². The molecule has 0 saturated carbocycles. The van der Waals surface area contributed by atoms with Crippen LogP contribution in [0.2, 0.25) is 0 Å². The molecule has 0 fully saturated rings. The summed E-state index contributed by atoms with van der Waals surface area (Å²) in [6, 6.07) is 5.14. The summed E-state index contributed by atoms with van der Waals surface area (Å²) in [5, 5.41) is 19.7. The summed E-state index contributed by atoms with van der Waals surface area (Å²) in [7, 11) is 0. The number of aromatic hydroxyl groups is 1. The smallest absolute Gasteiger partial charge is 0.271 e. The van der Waals surface area contributed by atoms with Gasteiger partial charge in [0, 0.05) is 6.42 Å². The molecule has 0 aliphatic heterocycles. The first-order valence-electron chi connectivity index (χ1n) is 7.43. The first-order valence-corrected chi connectivity index (χ1v) is 7.43. The van der Waals surface area contributed by atoms with Crippen molar-refractivity contribution in [3.63, 3.8) is 0 Å². The Bertz CT molecular complexity index is 811. The molecule has 2 aromatic heterocycles. The van der Waals surface area contributed by atoms with Crippen LogP contribution < -0.4 is 5.56 Å². The molecule has 0 atom stereocenters. The van der Waals surface area contributed by atoms with Crippen LogP contribution in [0.3, 0.4) is 0 Å². The van der Waals surface area contributed by atoms with Crippen LogP contribution in [0.25, 0.3) is 0 Å². The normalized spacial score (nSPS) is 10.5. The SMILES string of the molecule is CCCCC(=O)c1c(C)c(C#N)c(=O)n(Cc2ccco2)c1O. The molecule has 0 unspecified atom stereocenters. The minimum atomic E-state index is -0.633. The maximum atomic E-state index is 12.4. The van der Waals surface area contributed by atoms with Crippen molar-refractivity contribution in [2.75, 3.05) is 0 Å². The molecule has 0 amide bonds. The number of ketones is 1. The number of carbonyl (C=O) groups excluding carboxylic acids is 1. The fourth-order valence-corrected chi connectivity index (χ4v) is 2.45. The van der Waals surface area contributed by atoms with Gasteiger partial charge in [-0.2, -0.15) is 5.26 Å². The van der Waals surface area contributed by atoms with E-state index < -0.39 is 11.4 Å². The second kappa shape index (κ2) is 6.97. The van der Waals surface area contributed by atoms with E-state index in [0.717, 1.165) is 11.0 Å². The van der Waals surface area contributed by atoms with Gasteiger partial charge in [-0.3, -0.25) is 14.2 Å². The van der Waals surface area contributed by atoms with Crippen molar-refractivity contribution in [1.29, 1.82) is 5.26 Å². The lowest BCUT2D eigenvalue weighted by molar-refractivity contribution is 0.0974.